The number of hydrogen-bond acceptors (Lipinski definition) is 2. The Morgan fingerprint density at radius 1 is 1.29 bits per heavy atom. The Hall–Kier alpha value is 0.285. The van der Waals surface area contributed by atoms with Crippen molar-refractivity contribution in [3.63, 3.8) is 0 Å². The maximum atomic E-state index is 6.09. The fourth-order valence-corrected chi connectivity index (χ4v) is 4.20. The first kappa shape index (κ1) is 13.7. The van der Waals surface area contributed by atoms with Crippen molar-refractivity contribution in [3.05, 3.63) is 0 Å². The minimum atomic E-state index is -0.903. The van der Waals surface area contributed by atoms with Crippen LogP contribution in [0.25, 0.3) is 0 Å². The van der Waals surface area contributed by atoms with E-state index in [4.69, 9.17) is 9.47 Å². The van der Waals surface area contributed by atoms with E-state index in [1.54, 1.807) is 0 Å². The molecule has 1 aliphatic heterocycles. The van der Waals surface area contributed by atoms with Gasteiger partial charge in [0.25, 0.3) is 0 Å². The summed E-state index contributed by atoms with van der Waals surface area (Å²) in [6, 6.07) is 0. The van der Waals surface area contributed by atoms with Gasteiger partial charge in [0.1, 0.15) is 7.85 Å². The molecule has 0 amide bonds. The van der Waals surface area contributed by atoms with Crippen LogP contribution in [0.1, 0.15) is 26.7 Å². The number of rotatable bonds is 3. The molecular formula is C13H26BO2P. The van der Waals surface area contributed by atoms with Crippen molar-refractivity contribution >= 4 is 21.0 Å². The molecule has 0 spiro atoms. The SMILES string of the molecule is B[C@@H]1C[C@H](CCP(=C)(C)C)[C@H]2OC(C)(C)O[C@H]21. The average molecular weight is 256 g/mol. The standard InChI is InChI=1S/C13H26BO2P/c1-13(2)15-11-9(6-7-17(3,4)5)8-10(14)12(11)16-13/h9-12H,3,6-8,14H2,1-2,4-5H3/t9-,10+,11+,12-/m0/s1. The van der Waals surface area contributed by atoms with Crippen molar-refractivity contribution in [1.29, 1.82) is 0 Å². The maximum Gasteiger partial charge on any atom is 0.163 e. The normalized spacial score (nSPS) is 40.5. The lowest BCUT2D eigenvalue weighted by molar-refractivity contribution is -0.156. The van der Waals surface area contributed by atoms with Crippen LogP contribution < -0.4 is 0 Å². The second kappa shape index (κ2) is 4.44. The summed E-state index contributed by atoms with van der Waals surface area (Å²) in [5, 5.41) is 0. The molecule has 2 nitrogen and oxygen atoms in total. The van der Waals surface area contributed by atoms with Gasteiger partial charge >= 0.3 is 0 Å². The van der Waals surface area contributed by atoms with Gasteiger partial charge in [0, 0.05) is 0 Å². The lowest BCUT2D eigenvalue weighted by Crippen LogP contribution is -2.25. The van der Waals surface area contributed by atoms with Gasteiger partial charge in [0.15, 0.2) is 5.79 Å². The first-order chi connectivity index (χ1) is 7.68. The molecule has 2 rings (SSSR count). The molecule has 0 aromatic heterocycles. The second-order valence-corrected chi connectivity index (χ2v) is 11.3. The van der Waals surface area contributed by atoms with Gasteiger partial charge in [-0.15, -0.1) is 13.2 Å². The molecule has 0 aromatic rings. The molecule has 98 valence electrons. The molecule has 0 bridgehead atoms. The van der Waals surface area contributed by atoms with Gasteiger partial charge in [-0.05, 0) is 57.9 Å². The summed E-state index contributed by atoms with van der Waals surface area (Å²) in [6.07, 6.45) is 8.74. The van der Waals surface area contributed by atoms with Crippen LogP contribution in [0.15, 0.2) is 0 Å². The second-order valence-electron chi connectivity index (χ2n) is 6.99. The highest BCUT2D eigenvalue weighted by atomic mass is 31.2. The Bertz CT molecular complexity index is 336. The van der Waals surface area contributed by atoms with Crippen molar-refractivity contribution in [2.24, 2.45) is 5.92 Å². The van der Waals surface area contributed by atoms with E-state index in [0.29, 0.717) is 23.9 Å². The van der Waals surface area contributed by atoms with Crippen LogP contribution in [-0.4, -0.2) is 51.6 Å². The van der Waals surface area contributed by atoms with E-state index in [2.05, 4.69) is 27.5 Å². The molecule has 1 saturated heterocycles. The molecule has 4 heteroatoms. The zero-order valence-electron chi connectivity index (χ0n) is 11.9. The molecule has 2 aliphatic rings. The van der Waals surface area contributed by atoms with E-state index in [9.17, 15) is 0 Å². The molecule has 1 aliphatic carbocycles. The molecule has 0 unspecified atom stereocenters. The first-order valence-electron chi connectivity index (χ1n) is 6.71. The van der Waals surface area contributed by atoms with Crippen molar-refractivity contribution in [2.75, 3.05) is 19.5 Å². The highest BCUT2D eigenvalue weighted by Gasteiger charge is 2.51. The fourth-order valence-electron chi connectivity index (χ4n) is 3.16. The Kier molecular flexibility index (Phi) is 3.58. The number of ether oxygens (including phenoxy) is 2. The van der Waals surface area contributed by atoms with E-state index >= 15 is 0 Å². The zero-order valence-corrected chi connectivity index (χ0v) is 12.8. The van der Waals surface area contributed by atoms with Gasteiger partial charge in [-0.2, -0.15) is 0 Å². The highest BCUT2D eigenvalue weighted by molar-refractivity contribution is 7.72. The number of hydrogen-bond donors (Lipinski definition) is 0. The summed E-state index contributed by atoms with van der Waals surface area (Å²) in [5.41, 5.74) is 0. The Labute approximate surface area is 107 Å². The van der Waals surface area contributed by atoms with Crippen LogP contribution in [0.4, 0.5) is 0 Å². The summed E-state index contributed by atoms with van der Waals surface area (Å²) >= 11 is 0. The van der Waals surface area contributed by atoms with Crippen LogP contribution in [-0.2, 0) is 9.47 Å². The highest BCUT2D eigenvalue weighted by Crippen LogP contribution is 2.49. The van der Waals surface area contributed by atoms with Crippen LogP contribution in [0.2, 0.25) is 5.82 Å². The third-order valence-corrected chi connectivity index (χ3v) is 5.44. The van der Waals surface area contributed by atoms with Gasteiger partial charge in [0.2, 0.25) is 0 Å². The fraction of sp³-hybridized carbons (Fsp3) is 0.923. The quantitative estimate of drug-likeness (QED) is 0.568. The minimum Gasteiger partial charge on any atom is -0.345 e. The predicted molar refractivity (Wildman–Crippen MR) is 79.6 cm³/mol. The average Bonchev–Trinajstić information content (AvgIpc) is 2.58. The Balaban J connectivity index is 1.99. The molecular weight excluding hydrogens is 230 g/mol. The van der Waals surface area contributed by atoms with Crippen LogP contribution in [0.3, 0.4) is 0 Å². The van der Waals surface area contributed by atoms with Gasteiger partial charge in [-0.3, -0.25) is 0 Å². The van der Waals surface area contributed by atoms with Crippen molar-refractivity contribution in [2.45, 2.75) is 50.5 Å². The third-order valence-electron chi connectivity index (χ3n) is 3.97. The smallest absolute Gasteiger partial charge is 0.163 e. The van der Waals surface area contributed by atoms with Crippen LogP contribution in [0.5, 0.6) is 0 Å². The summed E-state index contributed by atoms with van der Waals surface area (Å²) < 4.78 is 12.1. The molecule has 0 radical (unpaired) electrons. The molecule has 2 fully saturated rings. The van der Waals surface area contributed by atoms with Gasteiger partial charge < -0.3 is 9.47 Å². The van der Waals surface area contributed by atoms with E-state index in [0.717, 1.165) is 0 Å². The topological polar surface area (TPSA) is 18.5 Å². The van der Waals surface area contributed by atoms with Gasteiger partial charge in [-0.1, -0.05) is 0 Å². The molecule has 1 saturated carbocycles. The predicted octanol–water partition coefficient (Wildman–Crippen LogP) is 2.05. The van der Waals surface area contributed by atoms with Gasteiger partial charge in [-0.25, -0.2) is 0 Å². The molecule has 1 heterocycles. The van der Waals surface area contributed by atoms with E-state index in [1.807, 2.05) is 13.8 Å². The largest absolute Gasteiger partial charge is 0.345 e. The van der Waals surface area contributed by atoms with E-state index in [1.165, 1.54) is 19.0 Å². The summed E-state index contributed by atoms with van der Waals surface area (Å²) in [4.78, 5) is 0. The number of fused-ring (bicyclic) bond motifs is 1. The molecule has 0 N–H and O–H groups in total. The van der Waals surface area contributed by atoms with Crippen molar-refractivity contribution < 1.29 is 9.47 Å². The Morgan fingerprint density at radius 3 is 2.47 bits per heavy atom. The minimum absolute atomic E-state index is 0.321. The summed E-state index contributed by atoms with van der Waals surface area (Å²) in [6.45, 7) is 7.80. The third kappa shape index (κ3) is 3.19. The van der Waals surface area contributed by atoms with Crippen LogP contribution >= 0.6 is 6.89 Å². The first-order valence-corrected chi connectivity index (χ1v) is 9.76. The van der Waals surface area contributed by atoms with Gasteiger partial charge in [0.05, 0.1) is 12.2 Å². The van der Waals surface area contributed by atoms with Crippen LogP contribution in [0, 0.1) is 5.92 Å². The lowest BCUT2D eigenvalue weighted by atomic mass is 9.83. The van der Waals surface area contributed by atoms with Crippen molar-refractivity contribution in [1.82, 2.24) is 0 Å². The maximum absolute atomic E-state index is 6.09. The summed E-state index contributed by atoms with van der Waals surface area (Å²) in [7, 11) is 2.30. The van der Waals surface area contributed by atoms with E-state index < -0.39 is 6.89 Å². The van der Waals surface area contributed by atoms with E-state index in [-0.39, 0.29) is 5.79 Å². The monoisotopic (exact) mass is 256 g/mol. The molecule has 17 heavy (non-hydrogen) atoms. The Morgan fingerprint density at radius 2 is 1.88 bits per heavy atom. The summed E-state index contributed by atoms with van der Waals surface area (Å²) in [5.74, 6) is 0.938. The van der Waals surface area contributed by atoms with Crippen molar-refractivity contribution in [3.8, 4) is 0 Å². The lowest BCUT2D eigenvalue weighted by Gasteiger charge is -2.23. The zero-order chi connectivity index (χ0) is 12.8. The molecule has 4 atom stereocenters. The molecule has 0 aromatic carbocycles.